The quantitative estimate of drug-likeness (QED) is 0.528. The maximum absolute atomic E-state index is 13.5. The number of hydrogen-bond donors (Lipinski definition) is 3. The first kappa shape index (κ1) is 25.9. The molecular weight excluding hydrogens is 490 g/mol. The Morgan fingerprint density at radius 1 is 1.05 bits per heavy atom. The van der Waals surface area contributed by atoms with Crippen molar-refractivity contribution >= 4 is 33.3 Å². The number of amides is 1. The summed E-state index contributed by atoms with van der Waals surface area (Å²) in [6.45, 7) is 8.31. The number of sulfonamides is 1. The highest BCUT2D eigenvalue weighted by Crippen LogP contribution is 2.54. The number of pyridine rings is 1. The first-order chi connectivity index (χ1) is 17.4. The van der Waals surface area contributed by atoms with Crippen LogP contribution in [0.4, 0.5) is 17.3 Å². The van der Waals surface area contributed by atoms with Gasteiger partial charge < -0.3 is 20.2 Å². The molecule has 3 N–H and O–H groups in total. The minimum absolute atomic E-state index is 0.0901. The van der Waals surface area contributed by atoms with Gasteiger partial charge in [0.05, 0.1) is 16.6 Å². The van der Waals surface area contributed by atoms with E-state index in [1.165, 1.54) is 25.0 Å². The zero-order chi connectivity index (χ0) is 26.4. The summed E-state index contributed by atoms with van der Waals surface area (Å²) < 4.78 is 28.2. The van der Waals surface area contributed by atoms with Crippen molar-refractivity contribution in [3.63, 3.8) is 0 Å². The van der Waals surface area contributed by atoms with E-state index >= 15 is 0 Å². The Morgan fingerprint density at radius 3 is 2.41 bits per heavy atom. The average molecular weight is 528 g/mol. The third-order valence-electron chi connectivity index (χ3n) is 7.52. The molecule has 1 aliphatic carbocycles. The normalized spacial score (nSPS) is 21.4. The second-order valence-electron chi connectivity index (χ2n) is 11.8. The Kier molecular flexibility index (Phi) is 6.70. The van der Waals surface area contributed by atoms with Crippen LogP contribution in [0.5, 0.6) is 0 Å². The van der Waals surface area contributed by atoms with Gasteiger partial charge in [-0.15, -0.1) is 0 Å². The number of aliphatic hydroxyl groups excluding tert-OH is 1. The minimum atomic E-state index is -3.74. The number of piperidine rings is 1. The van der Waals surface area contributed by atoms with Crippen molar-refractivity contribution in [2.24, 2.45) is 5.41 Å². The SMILES string of the molecule is CC(C)(C)NS(=O)(=O)c1cccc(NC(=O)c2ccc(N3CC[C@@H](O)C3)nc2N2CCC3(CC2)CC3)c1. The molecule has 10 heteroatoms. The Bertz CT molecular complexity index is 1280. The van der Waals surface area contributed by atoms with Crippen LogP contribution < -0.4 is 19.8 Å². The largest absolute Gasteiger partial charge is 0.391 e. The summed E-state index contributed by atoms with van der Waals surface area (Å²) in [4.78, 5) is 22.8. The number of β-amino-alcohol motifs (C(OH)–C–C–N with tert-alkyl or cyclic N) is 1. The Labute approximate surface area is 219 Å². The number of carbonyl (C=O) groups excluding carboxylic acids is 1. The summed E-state index contributed by atoms with van der Waals surface area (Å²) in [5, 5.41) is 12.9. The molecule has 3 heterocycles. The summed E-state index contributed by atoms with van der Waals surface area (Å²) in [6, 6.07) is 9.90. The van der Waals surface area contributed by atoms with E-state index in [1.54, 1.807) is 39.0 Å². The molecule has 37 heavy (non-hydrogen) atoms. The summed E-state index contributed by atoms with van der Waals surface area (Å²) in [6.07, 6.45) is 5.11. The van der Waals surface area contributed by atoms with Crippen molar-refractivity contribution in [1.82, 2.24) is 9.71 Å². The number of rotatable bonds is 6. The van der Waals surface area contributed by atoms with Crippen LogP contribution in [0.25, 0.3) is 0 Å². The molecule has 1 saturated carbocycles. The lowest BCUT2D eigenvalue weighted by Crippen LogP contribution is -2.40. The number of nitrogens with zero attached hydrogens (tertiary/aromatic N) is 3. The molecule has 5 rings (SSSR count). The van der Waals surface area contributed by atoms with Gasteiger partial charge in [-0.05, 0) is 88.6 Å². The number of benzene rings is 1. The van der Waals surface area contributed by atoms with E-state index < -0.39 is 15.6 Å². The predicted molar refractivity (Wildman–Crippen MR) is 145 cm³/mol. The summed E-state index contributed by atoms with van der Waals surface area (Å²) in [7, 11) is -3.74. The highest BCUT2D eigenvalue weighted by atomic mass is 32.2. The van der Waals surface area contributed by atoms with Gasteiger partial charge in [-0.3, -0.25) is 4.79 Å². The first-order valence-corrected chi connectivity index (χ1v) is 14.6. The molecule has 3 fully saturated rings. The zero-order valence-electron chi connectivity index (χ0n) is 21.8. The molecule has 0 radical (unpaired) electrons. The molecule has 0 bridgehead atoms. The first-order valence-electron chi connectivity index (χ1n) is 13.1. The lowest BCUT2D eigenvalue weighted by Gasteiger charge is -2.34. The molecule has 1 aromatic carbocycles. The lowest BCUT2D eigenvalue weighted by molar-refractivity contribution is 0.102. The molecule has 9 nitrogen and oxygen atoms in total. The van der Waals surface area contributed by atoms with Crippen LogP contribution in [0, 0.1) is 5.41 Å². The number of carbonyl (C=O) groups is 1. The fourth-order valence-corrected chi connectivity index (χ4v) is 6.72. The maximum Gasteiger partial charge on any atom is 0.259 e. The number of hydrogen-bond acceptors (Lipinski definition) is 7. The molecule has 1 spiro atoms. The molecule has 1 aromatic heterocycles. The highest BCUT2D eigenvalue weighted by molar-refractivity contribution is 7.89. The molecule has 2 saturated heterocycles. The second-order valence-corrected chi connectivity index (χ2v) is 13.4. The van der Waals surface area contributed by atoms with Gasteiger partial charge in [0.1, 0.15) is 11.6 Å². The van der Waals surface area contributed by atoms with Crippen molar-refractivity contribution in [1.29, 1.82) is 0 Å². The Morgan fingerprint density at radius 2 is 1.78 bits per heavy atom. The van der Waals surface area contributed by atoms with Crippen LogP contribution >= 0.6 is 0 Å². The molecule has 2 aliphatic heterocycles. The second kappa shape index (κ2) is 9.56. The zero-order valence-corrected chi connectivity index (χ0v) is 22.6. The molecule has 3 aliphatic rings. The van der Waals surface area contributed by atoms with Crippen LogP contribution in [-0.2, 0) is 10.0 Å². The third kappa shape index (κ3) is 5.91. The predicted octanol–water partition coefficient (Wildman–Crippen LogP) is 3.36. The molecule has 1 amide bonds. The van der Waals surface area contributed by atoms with E-state index in [0.29, 0.717) is 35.4 Å². The standard InChI is InChI=1S/C27H37N5O4S/c1-26(2,3)30-37(35,36)21-6-4-5-19(17-21)28-25(34)22-7-8-23(32-14-9-20(33)18-32)29-24(22)31-15-12-27(10-11-27)13-16-31/h4-8,17,20,30,33H,9-16,18H2,1-3H3,(H,28,34)/t20-/m1/s1. The van der Waals surface area contributed by atoms with Crippen LogP contribution in [-0.4, -0.2) is 62.2 Å². The number of anilines is 3. The van der Waals surface area contributed by atoms with Crippen LogP contribution in [0.15, 0.2) is 41.3 Å². The van der Waals surface area contributed by atoms with Crippen LogP contribution in [0.2, 0.25) is 0 Å². The average Bonchev–Trinajstić information content (AvgIpc) is 3.44. The summed E-state index contributed by atoms with van der Waals surface area (Å²) in [5.41, 5.74) is 0.716. The van der Waals surface area contributed by atoms with E-state index in [2.05, 4.69) is 19.8 Å². The van der Waals surface area contributed by atoms with Gasteiger partial charge in [0.2, 0.25) is 10.0 Å². The maximum atomic E-state index is 13.5. The van der Waals surface area contributed by atoms with E-state index in [-0.39, 0.29) is 16.9 Å². The summed E-state index contributed by atoms with van der Waals surface area (Å²) in [5.74, 6) is 1.07. The topological polar surface area (TPSA) is 115 Å². The molecule has 1 atom stereocenters. The number of aromatic nitrogens is 1. The van der Waals surface area contributed by atoms with Crippen LogP contribution in [0.3, 0.4) is 0 Å². The minimum Gasteiger partial charge on any atom is -0.391 e. The van der Waals surface area contributed by atoms with Crippen molar-refractivity contribution in [3.05, 3.63) is 42.0 Å². The molecule has 2 aromatic rings. The fraction of sp³-hybridized carbons (Fsp3) is 0.556. The fourth-order valence-electron chi connectivity index (χ4n) is 5.25. The third-order valence-corrected chi connectivity index (χ3v) is 9.27. The van der Waals surface area contributed by atoms with Gasteiger partial charge in [0.25, 0.3) is 5.91 Å². The number of nitrogens with one attached hydrogen (secondary N) is 2. The van der Waals surface area contributed by atoms with Gasteiger partial charge in [0.15, 0.2) is 0 Å². The monoisotopic (exact) mass is 527 g/mol. The van der Waals surface area contributed by atoms with Crippen molar-refractivity contribution in [2.45, 2.75) is 69.4 Å². The van der Waals surface area contributed by atoms with E-state index in [9.17, 15) is 18.3 Å². The Balaban J connectivity index is 1.40. The smallest absolute Gasteiger partial charge is 0.259 e. The molecule has 200 valence electrons. The van der Waals surface area contributed by atoms with E-state index in [4.69, 9.17) is 4.98 Å². The highest BCUT2D eigenvalue weighted by Gasteiger charge is 2.45. The van der Waals surface area contributed by atoms with Gasteiger partial charge >= 0.3 is 0 Å². The van der Waals surface area contributed by atoms with Gasteiger partial charge in [-0.25, -0.2) is 18.1 Å². The van der Waals surface area contributed by atoms with E-state index in [0.717, 1.165) is 38.3 Å². The van der Waals surface area contributed by atoms with Crippen LogP contribution in [0.1, 0.15) is 63.2 Å². The van der Waals surface area contributed by atoms with Gasteiger partial charge in [0, 0.05) is 37.4 Å². The van der Waals surface area contributed by atoms with Crippen molar-refractivity contribution < 1.29 is 18.3 Å². The van der Waals surface area contributed by atoms with E-state index in [1.807, 2.05) is 6.07 Å². The molecule has 0 unspecified atom stereocenters. The molecular formula is C27H37N5O4S. The lowest BCUT2D eigenvalue weighted by atomic mass is 9.93. The van der Waals surface area contributed by atoms with Gasteiger partial charge in [-0.2, -0.15) is 0 Å². The van der Waals surface area contributed by atoms with Crippen molar-refractivity contribution in [3.8, 4) is 0 Å². The Hall–Kier alpha value is -2.69. The summed E-state index contributed by atoms with van der Waals surface area (Å²) >= 11 is 0. The van der Waals surface area contributed by atoms with Crippen molar-refractivity contribution in [2.75, 3.05) is 41.3 Å². The van der Waals surface area contributed by atoms with Gasteiger partial charge in [-0.1, -0.05) is 6.07 Å². The number of aliphatic hydroxyl groups is 1.